The van der Waals surface area contributed by atoms with E-state index in [1.807, 2.05) is 30.7 Å². The van der Waals surface area contributed by atoms with Gasteiger partial charge in [0.25, 0.3) is 5.91 Å². The molecule has 0 radical (unpaired) electrons. The van der Waals surface area contributed by atoms with Crippen molar-refractivity contribution in [2.24, 2.45) is 0 Å². The molecule has 1 aromatic heterocycles. The molecule has 0 unspecified atom stereocenters. The van der Waals surface area contributed by atoms with Crippen molar-refractivity contribution >= 4 is 11.6 Å². The third-order valence-electron chi connectivity index (χ3n) is 3.41. The number of aryl methyl sites for hydroxylation is 2. The van der Waals surface area contributed by atoms with Gasteiger partial charge in [-0.1, -0.05) is 19.1 Å². The summed E-state index contributed by atoms with van der Waals surface area (Å²) < 4.78 is 7.15. The van der Waals surface area contributed by atoms with E-state index in [4.69, 9.17) is 4.74 Å². The number of hydrogen-bond acceptors (Lipinski definition) is 3. The first-order chi connectivity index (χ1) is 10.1. The fourth-order valence-electron chi connectivity index (χ4n) is 2.32. The molecule has 1 amide bonds. The van der Waals surface area contributed by atoms with Crippen LogP contribution >= 0.6 is 0 Å². The van der Waals surface area contributed by atoms with E-state index in [0.717, 1.165) is 30.0 Å². The molecule has 1 N–H and O–H groups in total. The third kappa shape index (κ3) is 3.07. The van der Waals surface area contributed by atoms with Crippen LogP contribution < -0.4 is 10.1 Å². The first kappa shape index (κ1) is 15.1. The molecule has 2 aromatic rings. The smallest absolute Gasteiger partial charge is 0.259 e. The molecule has 0 saturated carbocycles. The predicted octanol–water partition coefficient (Wildman–Crippen LogP) is 3.17. The lowest BCUT2D eigenvalue weighted by molar-refractivity contribution is 0.102. The highest BCUT2D eigenvalue weighted by atomic mass is 16.5. The number of carbonyl (C=O) groups is 1. The van der Waals surface area contributed by atoms with Crippen LogP contribution in [-0.4, -0.2) is 22.8 Å². The van der Waals surface area contributed by atoms with Crippen LogP contribution in [0.25, 0.3) is 0 Å². The fourth-order valence-corrected chi connectivity index (χ4v) is 2.32. The number of para-hydroxylation sites is 1. The molecular weight excluding hydrogens is 266 g/mol. The first-order valence-electron chi connectivity index (χ1n) is 7.06. The maximum absolute atomic E-state index is 12.4. The van der Waals surface area contributed by atoms with E-state index in [0.29, 0.717) is 11.3 Å². The molecule has 112 valence electrons. The van der Waals surface area contributed by atoms with E-state index in [1.54, 1.807) is 19.2 Å². The zero-order chi connectivity index (χ0) is 15.4. The monoisotopic (exact) mass is 287 g/mol. The second-order valence-corrected chi connectivity index (χ2v) is 4.92. The number of nitrogens with zero attached hydrogens (tertiary/aromatic N) is 2. The van der Waals surface area contributed by atoms with Gasteiger partial charge in [-0.25, -0.2) is 0 Å². The number of nitrogens with one attached hydrogen (secondary N) is 1. The summed E-state index contributed by atoms with van der Waals surface area (Å²) in [5, 5.41) is 7.41. The molecule has 1 aromatic carbocycles. The molecule has 0 bridgehead atoms. The Bertz CT molecular complexity index is 647. The van der Waals surface area contributed by atoms with Crippen LogP contribution in [0.5, 0.6) is 5.75 Å². The van der Waals surface area contributed by atoms with E-state index in [2.05, 4.69) is 17.3 Å². The topological polar surface area (TPSA) is 56.2 Å². The van der Waals surface area contributed by atoms with E-state index >= 15 is 0 Å². The summed E-state index contributed by atoms with van der Waals surface area (Å²) in [4.78, 5) is 12.4. The van der Waals surface area contributed by atoms with Crippen molar-refractivity contribution in [3.63, 3.8) is 0 Å². The van der Waals surface area contributed by atoms with Gasteiger partial charge in [-0.3, -0.25) is 9.48 Å². The van der Waals surface area contributed by atoms with Crippen molar-refractivity contribution < 1.29 is 9.53 Å². The van der Waals surface area contributed by atoms with Gasteiger partial charge in [-0.2, -0.15) is 5.10 Å². The molecule has 0 spiro atoms. The number of rotatable bonds is 5. The van der Waals surface area contributed by atoms with E-state index < -0.39 is 0 Å². The molecule has 0 aliphatic rings. The largest absolute Gasteiger partial charge is 0.496 e. The van der Waals surface area contributed by atoms with Crippen molar-refractivity contribution in [2.75, 3.05) is 12.4 Å². The van der Waals surface area contributed by atoms with Crippen molar-refractivity contribution in [3.8, 4) is 5.75 Å². The first-order valence-corrected chi connectivity index (χ1v) is 7.06. The summed E-state index contributed by atoms with van der Waals surface area (Å²) in [6, 6.07) is 7.17. The summed E-state index contributed by atoms with van der Waals surface area (Å²) in [6.07, 6.45) is 1.00. The molecule has 0 fully saturated rings. The summed E-state index contributed by atoms with van der Waals surface area (Å²) in [7, 11) is 1.56. The minimum absolute atomic E-state index is 0.185. The zero-order valence-electron chi connectivity index (χ0n) is 12.9. The molecule has 21 heavy (non-hydrogen) atoms. The predicted molar refractivity (Wildman–Crippen MR) is 82.9 cm³/mol. The Labute approximate surface area is 124 Å². The number of amides is 1. The number of hydrogen-bond donors (Lipinski definition) is 1. The number of ether oxygens (including phenoxy) is 1. The summed E-state index contributed by atoms with van der Waals surface area (Å²) in [6.45, 7) is 6.81. The number of carbonyl (C=O) groups excluding carboxylic acids is 1. The highest BCUT2D eigenvalue weighted by molar-refractivity contribution is 6.06. The molecule has 5 heteroatoms. The van der Waals surface area contributed by atoms with Crippen LogP contribution in [0.4, 0.5) is 5.69 Å². The quantitative estimate of drug-likeness (QED) is 0.919. The average molecular weight is 287 g/mol. The lowest BCUT2D eigenvalue weighted by Gasteiger charge is -2.09. The minimum Gasteiger partial charge on any atom is -0.496 e. The van der Waals surface area contributed by atoms with Crippen LogP contribution in [0.3, 0.4) is 0 Å². The van der Waals surface area contributed by atoms with Gasteiger partial charge in [0.2, 0.25) is 0 Å². The molecule has 1 heterocycles. The Kier molecular flexibility index (Phi) is 4.62. The summed E-state index contributed by atoms with van der Waals surface area (Å²) in [5.74, 6) is 0.376. The highest BCUT2D eigenvalue weighted by Gasteiger charge is 2.17. The lowest BCUT2D eigenvalue weighted by atomic mass is 10.2. The molecule has 0 aliphatic carbocycles. The Balaban J connectivity index is 2.28. The van der Waals surface area contributed by atoms with E-state index in [-0.39, 0.29) is 5.91 Å². The van der Waals surface area contributed by atoms with Crippen molar-refractivity contribution in [2.45, 2.75) is 33.7 Å². The minimum atomic E-state index is -0.185. The molecule has 2 rings (SSSR count). The van der Waals surface area contributed by atoms with Crippen LogP contribution in [0.1, 0.15) is 35.1 Å². The Morgan fingerprint density at radius 1 is 1.33 bits per heavy atom. The van der Waals surface area contributed by atoms with E-state index in [9.17, 15) is 4.79 Å². The number of benzene rings is 1. The van der Waals surface area contributed by atoms with Crippen LogP contribution in [0.15, 0.2) is 24.3 Å². The van der Waals surface area contributed by atoms with Gasteiger partial charge in [0.15, 0.2) is 0 Å². The number of aromatic nitrogens is 2. The fraction of sp³-hybridized carbons (Fsp3) is 0.375. The number of methoxy groups -OCH3 is 1. The second-order valence-electron chi connectivity index (χ2n) is 4.92. The molecule has 0 atom stereocenters. The SMILES string of the molecule is CCCn1nc(C)c(NC(=O)c2ccccc2OC)c1C. The molecule has 0 saturated heterocycles. The average Bonchev–Trinajstić information content (AvgIpc) is 2.75. The molecular formula is C16H21N3O2. The van der Waals surface area contributed by atoms with Gasteiger partial charge >= 0.3 is 0 Å². The molecule has 5 nitrogen and oxygen atoms in total. The van der Waals surface area contributed by atoms with Crippen LogP contribution in [0, 0.1) is 13.8 Å². The second kappa shape index (κ2) is 6.43. The maximum atomic E-state index is 12.4. The van der Waals surface area contributed by atoms with Gasteiger partial charge in [0, 0.05) is 6.54 Å². The van der Waals surface area contributed by atoms with Crippen LogP contribution in [-0.2, 0) is 6.54 Å². The van der Waals surface area contributed by atoms with Gasteiger partial charge in [0.1, 0.15) is 5.75 Å². The standard InChI is InChI=1S/C16H21N3O2/c1-5-10-19-12(3)15(11(2)18-19)17-16(20)13-8-6-7-9-14(13)21-4/h6-9H,5,10H2,1-4H3,(H,17,20). The van der Waals surface area contributed by atoms with Gasteiger partial charge in [0.05, 0.1) is 29.7 Å². The van der Waals surface area contributed by atoms with Gasteiger partial charge in [-0.05, 0) is 32.4 Å². The Morgan fingerprint density at radius 2 is 2.05 bits per heavy atom. The van der Waals surface area contributed by atoms with E-state index in [1.165, 1.54) is 0 Å². The lowest BCUT2D eigenvalue weighted by Crippen LogP contribution is -2.14. The van der Waals surface area contributed by atoms with Gasteiger partial charge in [-0.15, -0.1) is 0 Å². The highest BCUT2D eigenvalue weighted by Crippen LogP contribution is 2.23. The summed E-state index contributed by atoms with van der Waals surface area (Å²) in [5.41, 5.74) is 3.09. The summed E-state index contributed by atoms with van der Waals surface area (Å²) >= 11 is 0. The van der Waals surface area contributed by atoms with Crippen molar-refractivity contribution in [1.29, 1.82) is 0 Å². The molecule has 0 aliphatic heterocycles. The Morgan fingerprint density at radius 3 is 2.71 bits per heavy atom. The Hall–Kier alpha value is -2.30. The maximum Gasteiger partial charge on any atom is 0.259 e. The zero-order valence-corrected chi connectivity index (χ0v) is 12.9. The van der Waals surface area contributed by atoms with Crippen LogP contribution in [0.2, 0.25) is 0 Å². The van der Waals surface area contributed by atoms with Crippen molar-refractivity contribution in [3.05, 3.63) is 41.2 Å². The number of anilines is 1. The van der Waals surface area contributed by atoms with Gasteiger partial charge < -0.3 is 10.1 Å². The third-order valence-corrected chi connectivity index (χ3v) is 3.41. The normalized spacial score (nSPS) is 10.5. The van der Waals surface area contributed by atoms with Crippen molar-refractivity contribution in [1.82, 2.24) is 9.78 Å².